The normalized spacial score (nSPS) is 15.7. The molecule has 2 heterocycles. The molecule has 0 bridgehead atoms. The van der Waals surface area contributed by atoms with Crippen LogP contribution in [0.25, 0.3) is 0 Å². The summed E-state index contributed by atoms with van der Waals surface area (Å²) in [5.41, 5.74) is 2.97. The summed E-state index contributed by atoms with van der Waals surface area (Å²) < 4.78 is 0. The van der Waals surface area contributed by atoms with Gasteiger partial charge in [-0.25, -0.2) is 0 Å². The minimum atomic E-state index is -0.251. The van der Waals surface area contributed by atoms with Crippen molar-refractivity contribution in [2.75, 3.05) is 10.6 Å². The SMILES string of the molecule is CC(C)(C)C1CCc2c(sc(NC(=O)c3ccncc3)c2C(=O)Nc2ccc(Cl)cc2)C1. The number of thiophene rings is 1. The summed E-state index contributed by atoms with van der Waals surface area (Å²) >= 11 is 7.49. The fourth-order valence-corrected chi connectivity index (χ4v) is 5.50. The van der Waals surface area contributed by atoms with Crippen LogP contribution in [0.1, 0.15) is 58.3 Å². The number of hydrogen-bond acceptors (Lipinski definition) is 4. The molecule has 2 amide bonds. The van der Waals surface area contributed by atoms with Crippen molar-refractivity contribution in [2.24, 2.45) is 11.3 Å². The van der Waals surface area contributed by atoms with E-state index in [-0.39, 0.29) is 17.2 Å². The Kier molecular flexibility index (Phi) is 6.35. The Morgan fingerprint density at radius 1 is 1.03 bits per heavy atom. The molecular formula is C25H26ClN3O2S. The number of carbonyl (C=O) groups excluding carboxylic acids is 2. The number of aromatic nitrogens is 1. The lowest BCUT2D eigenvalue weighted by Crippen LogP contribution is -2.27. The number of nitrogens with one attached hydrogen (secondary N) is 2. The summed E-state index contributed by atoms with van der Waals surface area (Å²) in [6.45, 7) is 6.78. The zero-order chi connectivity index (χ0) is 22.9. The highest BCUT2D eigenvalue weighted by atomic mass is 35.5. The van der Waals surface area contributed by atoms with Crippen LogP contribution in [-0.4, -0.2) is 16.8 Å². The van der Waals surface area contributed by atoms with Crippen molar-refractivity contribution in [2.45, 2.75) is 40.0 Å². The van der Waals surface area contributed by atoms with Gasteiger partial charge < -0.3 is 10.6 Å². The van der Waals surface area contributed by atoms with Gasteiger partial charge in [0.05, 0.1) is 5.56 Å². The van der Waals surface area contributed by atoms with Crippen molar-refractivity contribution in [3.05, 3.63) is 75.4 Å². The highest BCUT2D eigenvalue weighted by molar-refractivity contribution is 7.17. The van der Waals surface area contributed by atoms with Crippen LogP contribution >= 0.6 is 22.9 Å². The Labute approximate surface area is 197 Å². The molecule has 1 atom stereocenters. The number of carbonyl (C=O) groups is 2. The van der Waals surface area contributed by atoms with E-state index in [9.17, 15) is 9.59 Å². The number of amides is 2. The maximum atomic E-state index is 13.4. The van der Waals surface area contributed by atoms with Crippen LogP contribution in [-0.2, 0) is 12.8 Å². The second-order valence-corrected chi connectivity index (χ2v) is 10.7. The molecule has 3 aromatic rings. The van der Waals surface area contributed by atoms with Gasteiger partial charge in [-0.15, -0.1) is 11.3 Å². The molecule has 0 saturated carbocycles. The smallest absolute Gasteiger partial charge is 0.258 e. The van der Waals surface area contributed by atoms with Crippen LogP contribution in [0.5, 0.6) is 0 Å². The minimum absolute atomic E-state index is 0.188. The molecular weight excluding hydrogens is 442 g/mol. The molecule has 1 aliphatic carbocycles. The lowest BCUT2D eigenvalue weighted by molar-refractivity contribution is 0.102. The predicted molar refractivity (Wildman–Crippen MR) is 131 cm³/mol. The van der Waals surface area contributed by atoms with E-state index in [4.69, 9.17) is 11.6 Å². The van der Waals surface area contributed by atoms with Gasteiger partial charge in [0.2, 0.25) is 0 Å². The van der Waals surface area contributed by atoms with Crippen molar-refractivity contribution >= 4 is 45.4 Å². The third kappa shape index (κ3) is 4.87. The maximum Gasteiger partial charge on any atom is 0.258 e. The fourth-order valence-electron chi connectivity index (χ4n) is 4.06. The lowest BCUT2D eigenvalue weighted by atomic mass is 9.72. The number of halogens is 1. The first kappa shape index (κ1) is 22.5. The molecule has 2 N–H and O–H groups in total. The summed E-state index contributed by atoms with van der Waals surface area (Å²) in [6, 6.07) is 10.3. The van der Waals surface area contributed by atoms with E-state index < -0.39 is 0 Å². The van der Waals surface area contributed by atoms with E-state index in [1.807, 2.05) is 0 Å². The number of pyridine rings is 1. The van der Waals surface area contributed by atoms with Gasteiger partial charge in [-0.3, -0.25) is 14.6 Å². The Balaban J connectivity index is 1.68. The molecule has 1 aliphatic rings. The molecule has 0 fully saturated rings. The Hall–Kier alpha value is -2.70. The predicted octanol–water partition coefficient (Wildman–Crippen LogP) is 6.45. The molecule has 1 unspecified atom stereocenters. The van der Waals surface area contributed by atoms with Crippen LogP contribution in [0.3, 0.4) is 0 Å². The van der Waals surface area contributed by atoms with Gasteiger partial charge in [0.1, 0.15) is 5.00 Å². The van der Waals surface area contributed by atoms with Gasteiger partial charge in [0.25, 0.3) is 11.8 Å². The number of fused-ring (bicyclic) bond motifs is 1. The van der Waals surface area contributed by atoms with Crippen molar-refractivity contribution in [3.63, 3.8) is 0 Å². The van der Waals surface area contributed by atoms with E-state index in [0.29, 0.717) is 32.8 Å². The Morgan fingerprint density at radius 2 is 1.72 bits per heavy atom. The maximum absolute atomic E-state index is 13.4. The fraction of sp³-hybridized carbons (Fsp3) is 0.320. The van der Waals surface area contributed by atoms with Crippen LogP contribution < -0.4 is 10.6 Å². The van der Waals surface area contributed by atoms with Crippen molar-refractivity contribution in [1.82, 2.24) is 4.98 Å². The second kappa shape index (κ2) is 9.04. The highest BCUT2D eigenvalue weighted by Gasteiger charge is 2.34. The van der Waals surface area contributed by atoms with Crippen LogP contribution in [0, 0.1) is 11.3 Å². The van der Waals surface area contributed by atoms with Crippen LogP contribution in [0.2, 0.25) is 5.02 Å². The summed E-state index contributed by atoms with van der Waals surface area (Å²) in [4.78, 5) is 31.3. The molecule has 5 nitrogen and oxygen atoms in total. The van der Waals surface area contributed by atoms with E-state index >= 15 is 0 Å². The van der Waals surface area contributed by atoms with Crippen LogP contribution in [0.4, 0.5) is 10.7 Å². The highest BCUT2D eigenvalue weighted by Crippen LogP contribution is 2.44. The summed E-state index contributed by atoms with van der Waals surface area (Å²) in [5.74, 6) is 0.0625. The number of hydrogen-bond donors (Lipinski definition) is 2. The molecule has 32 heavy (non-hydrogen) atoms. The van der Waals surface area contributed by atoms with E-state index in [0.717, 1.165) is 24.8 Å². The second-order valence-electron chi connectivity index (χ2n) is 9.16. The zero-order valence-electron chi connectivity index (χ0n) is 18.4. The van der Waals surface area contributed by atoms with Crippen LogP contribution in [0.15, 0.2) is 48.8 Å². The Morgan fingerprint density at radius 3 is 2.38 bits per heavy atom. The van der Waals surface area contributed by atoms with Gasteiger partial charge >= 0.3 is 0 Å². The van der Waals surface area contributed by atoms with Crippen molar-refractivity contribution in [3.8, 4) is 0 Å². The molecule has 0 spiro atoms. The third-order valence-electron chi connectivity index (χ3n) is 5.99. The van der Waals surface area contributed by atoms with E-state index in [1.165, 1.54) is 16.2 Å². The zero-order valence-corrected chi connectivity index (χ0v) is 19.9. The lowest BCUT2D eigenvalue weighted by Gasteiger charge is -2.33. The topological polar surface area (TPSA) is 71.1 Å². The largest absolute Gasteiger partial charge is 0.322 e. The van der Waals surface area contributed by atoms with Gasteiger partial charge in [-0.2, -0.15) is 0 Å². The van der Waals surface area contributed by atoms with E-state index in [1.54, 1.807) is 48.8 Å². The number of anilines is 2. The van der Waals surface area contributed by atoms with Crippen molar-refractivity contribution < 1.29 is 9.59 Å². The molecule has 4 rings (SSSR count). The summed E-state index contributed by atoms with van der Waals surface area (Å²) in [7, 11) is 0. The summed E-state index contributed by atoms with van der Waals surface area (Å²) in [5, 5.41) is 7.15. The number of benzene rings is 1. The first-order valence-electron chi connectivity index (χ1n) is 10.6. The first-order chi connectivity index (χ1) is 15.2. The average Bonchev–Trinajstić information content (AvgIpc) is 3.12. The van der Waals surface area contributed by atoms with E-state index in [2.05, 4.69) is 36.4 Å². The molecule has 2 aromatic heterocycles. The summed E-state index contributed by atoms with van der Waals surface area (Å²) in [6.07, 6.45) is 5.91. The molecule has 1 aromatic carbocycles. The monoisotopic (exact) mass is 467 g/mol. The quantitative estimate of drug-likeness (QED) is 0.463. The molecule has 0 radical (unpaired) electrons. The number of rotatable bonds is 4. The van der Waals surface area contributed by atoms with Crippen molar-refractivity contribution in [1.29, 1.82) is 0 Å². The van der Waals surface area contributed by atoms with Gasteiger partial charge in [0.15, 0.2) is 0 Å². The molecule has 0 aliphatic heterocycles. The molecule has 7 heteroatoms. The van der Waals surface area contributed by atoms with Gasteiger partial charge in [-0.05, 0) is 72.6 Å². The minimum Gasteiger partial charge on any atom is -0.322 e. The average molecular weight is 468 g/mol. The van der Waals surface area contributed by atoms with Gasteiger partial charge in [-0.1, -0.05) is 32.4 Å². The molecule has 166 valence electrons. The van der Waals surface area contributed by atoms with Gasteiger partial charge in [0, 0.05) is 33.5 Å². The third-order valence-corrected chi connectivity index (χ3v) is 7.41. The first-order valence-corrected chi connectivity index (χ1v) is 11.8. The standard InChI is InChI=1S/C25H26ClN3O2S/c1-25(2,3)16-4-9-19-20(14-16)32-24(29-22(30)15-10-12-27-13-11-15)21(19)23(31)28-18-7-5-17(26)6-8-18/h5-8,10-13,16H,4,9,14H2,1-3H3,(H,28,31)(H,29,30). The Bertz CT molecular complexity index is 1130. The molecule has 0 saturated heterocycles. The number of nitrogens with zero attached hydrogens (tertiary/aromatic N) is 1.